The fraction of sp³-hybridized carbons (Fsp3) is 1.00. The second-order valence-corrected chi connectivity index (χ2v) is 5.69. The van der Waals surface area contributed by atoms with E-state index in [0.717, 1.165) is 6.54 Å². The fourth-order valence-electron chi connectivity index (χ4n) is 2.05. The number of rotatable bonds is 15. The van der Waals surface area contributed by atoms with Crippen molar-refractivity contribution in [1.29, 1.82) is 0 Å². The zero-order valence-corrected chi connectivity index (χ0v) is 13.3. The van der Waals surface area contributed by atoms with Crippen LogP contribution in [0.5, 0.6) is 0 Å². The maximum atomic E-state index is 10.1. The highest BCUT2D eigenvalue weighted by atomic mass is 31.2. The van der Waals surface area contributed by atoms with E-state index >= 15 is 0 Å². The quantitative estimate of drug-likeness (QED) is 0.372. The third-order valence-electron chi connectivity index (χ3n) is 3.18. The van der Waals surface area contributed by atoms with Crippen molar-refractivity contribution in [2.24, 2.45) is 0 Å². The number of nitrogens with one attached hydrogen (secondary N) is 1. The summed E-state index contributed by atoms with van der Waals surface area (Å²) in [6.07, 6.45) is 13.4. The second kappa shape index (κ2) is 16.3. The van der Waals surface area contributed by atoms with Gasteiger partial charge in [-0.25, -0.2) is 0 Å². The molecule has 0 bridgehead atoms. The molecule has 19 heavy (non-hydrogen) atoms. The summed E-state index contributed by atoms with van der Waals surface area (Å²) in [6.45, 7) is 4.06. The minimum Gasteiger partial charge on any atom is -0.820 e. The van der Waals surface area contributed by atoms with Crippen molar-refractivity contribution >= 4 is 8.60 Å². The van der Waals surface area contributed by atoms with Gasteiger partial charge in [0, 0.05) is 6.54 Å². The second-order valence-electron chi connectivity index (χ2n) is 4.99. The minimum absolute atomic E-state index is 0.246. The van der Waals surface area contributed by atoms with Crippen molar-refractivity contribution < 1.29 is 14.3 Å². The predicted molar refractivity (Wildman–Crippen MR) is 77.6 cm³/mol. The topological polar surface area (TPSA) is 67.4 Å². The molecule has 0 aromatic heterocycles. The largest absolute Gasteiger partial charge is 0.820 e. The molecule has 0 aromatic carbocycles. The van der Waals surface area contributed by atoms with Crippen LogP contribution in [0.25, 0.3) is 0 Å². The summed E-state index contributed by atoms with van der Waals surface area (Å²) in [7, 11) is -2.68. The van der Waals surface area contributed by atoms with Crippen LogP contribution in [-0.2, 0) is 4.52 Å². The summed E-state index contributed by atoms with van der Waals surface area (Å²) in [5.41, 5.74) is 0. The van der Waals surface area contributed by atoms with Crippen molar-refractivity contribution in [3.05, 3.63) is 0 Å². The van der Waals surface area contributed by atoms with Crippen LogP contribution in [0.15, 0.2) is 0 Å². The monoisotopic (exact) mass is 291 g/mol. The van der Waals surface area contributed by atoms with Crippen LogP contribution in [-0.4, -0.2) is 19.7 Å². The Morgan fingerprint density at radius 2 is 1.32 bits per heavy atom. The van der Waals surface area contributed by atoms with E-state index in [9.17, 15) is 9.79 Å². The van der Waals surface area contributed by atoms with Crippen molar-refractivity contribution in [3.8, 4) is 0 Å². The van der Waals surface area contributed by atoms with Crippen LogP contribution in [0.1, 0.15) is 71.1 Å². The van der Waals surface area contributed by atoms with Crippen LogP contribution < -0.4 is 15.1 Å². The van der Waals surface area contributed by atoms with Crippen LogP contribution >= 0.6 is 8.60 Å². The van der Waals surface area contributed by atoms with Gasteiger partial charge in [0.2, 0.25) is 0 Å². The van der Waals surface area contributed by atoms with Gasteiger partial charge in [-0.15, -0.1) is 0 Å². The van der Waals surface area contributed by atoms with E-state index in [0.29, 0.717) is 6.54 Å². The molecule has 0 aromatic rings. The minimum atomic E-state index is -2.68. The highest BCUT2D eigenvalue weighted by Crippen LogP contribution is 2.11. The summed E-state index contributed by atoms with van der Waals surface area (Å²) in [5, 5.41) is 3.17. The number of unbranched alkanes of at least 4 members (excludes halogenated alkanes) is 9. The predicted octanol–water partition coefficient (Wildman–Crippen LogP) is 2.46. The van der Waals surface area contributed by atoms with Crippen LogP contribution in [0, 0.1) is 0 Å². The van der Waals surface area contributed by atoms with Crippen LogP contribution in [0.3, 0.4) is 0 Å². The molecule has 5 heteroatoms. The average Bonchev–Trinajstić information content (AvgIpc) is 2.39. The summed E-state index contributed by atoms with van der Waals surface area (Å²) in [6, 6.07) is 0. The molecular formula is C14H30NO3P-2. The molecule has 4 nitrogen and oxygen atoms in total. The molecule has 0 aliphatic rings. The first-order chi connectivity index (χ1) is 9.27. The smallest absolute Gasteiger partial charge is 0.0601 e. The van der Waals surface area contributed by atoms with Crippen molar-refractivity contribution in [2.75, 3.05) is 19.7 Å². The Bertz CT molecular complexity index is 171. The molecule has 0 saturated carbocycles. The third-order valence-corrected chi connectivity index (χ3v) is 3.58. The molecule has 0 aliphatic carbocycles. The van der Waals surface area contributed by atoms with Gasteiger partial charge in [0.15, 0.2) is 0 Å². The van der Waals surface area contributed by atoms with Crippen LogP contribution in [0.2, 0.25) is 0 Å². The molecule has 0 amide bonds. The Balaban J connectivity index is 2.91. The van der Waals surface area contributed by atoms with Gasteiger partial charge in [0.05, 0.1) is 6.61 Å². The average molecular weight is 291 g/mol. The van der Waals surface area contributed by atoms with Gasteiger partial charge >= 0.3 is 0 Å². The first-order valence-corrected chi connectivity index (χ1v) is 8.85. The highest BCUT2D eigenvalue weighted by Gasteiger charge is 1.92. The number of hydrogen-bond donors (Lipinski definition) is 1. The molecular weight excluding hydrogens is 261 g/mol. The Labute approximate surface area is 119 Å². The summed E-state index contributed by atoms with van der Waals surface area (Å²) < 4.78 is 4.43. The molecule has 0 aliphatic heterocycles. The summed E-state index contributed by atoms with van der Waals surface area (Å²) in [5.74, 6) is 0. The molecule has 0 heterocycles. The normalized spacial score (nSPS) is 11.4. The van der Waals surface area contributed by atoms with Gasteiger partial charge in [0.25, 0.3) is 0 Å². The first-order valence-electron chi connectivity index (χ1n) is 7.75. The SMILES string of the molecule is CCCCCCCCCCCCNCCOP([O-])[O-]. The van der Waals surface area contributed by atoms with E-state index in [1.165, 1.54) is 64.2 Å². The van der Waals surface area contributed by atoms with Gasteiger partial charge in [-0.3, -0.25) is 0 Å². The van der Waals surface area contributed by atoms with Crippen LogP contribution in [0.4, 0.5) is 0 Å². The zero-order valence-electron chi connectivity index (χ0n) is 12.4. The van der Waals surface area contributed by atoms with Crippen molar-refractivity contribution in [1.82, 2.24) is 5.32 Å². The molecule has 116 valence electrons. The van der Waals surface area contributed by atoms with E-state index < -0.39 is 8.60 Å². The lowest BCUT2D eigenvalue weighted by atomic mass is 10.1. The maximum absolute atomic E-state index is 10.1. The highest BCUT2D eigenvalue weighted by molar-refractivity contribution is 7.36. The van der Waals surface area contributed by atoms with Gasteiger partial charge < -0.3 is 19.6 Å². The zero-order chi connectivity index (χ0) is 14.2. The Morgan fingerprint density at radius 3 is 1.84 bits per heavy atom. The van der Waals surface area contributed by atoms with Gasteiger partial charge in [0.1, 0.15) is 0 Å². The lowest BCUT2D eigenvalue weighted by Gasteiger charge is -2.29. The molecule has 0 unspecified atom stereocenters. The van der Waals surface area contributed by atoms with Gasteiger partial charge in [-0.1, -0.05) is 64.7 Å². The first kappa shape index (κ1) is 19.3. The Morgan fingerprint density at radius 1 is 0.789 bits per heavy atom. The van der Waals surface area contributed by atoms with E-state index in [-0.39, 0.29) is 6.61 Å². The Hall–Kier alpha value is 0.270. The van der Waals surface area contributed by atoms with Crippen molar-refractivity contribution in [2.45, 2.75) is 71.1 Å². The fourth-order valence-corrected chi connectivity index (χ4v) is 2.30. The Kier molecular flexibility index (Phi) is 16.6. The summed E-state index contributed by atoms with van der Waals surface area (Å²) in [4.78, 5) is 20.2. The molecule has 0 rings (SSSR count). The van der Waals surface area contributed by atoms with E-state index in [2.05, 4.69) is 16.8 Å². The third kappa shape index (κ3) is 18.3. The summed E-state index contributed by atoms with van der Waals surface area (Å²) >= 11 is 0. The van der Waals surface area contributed by atoms with E-state index in [1.807, 2.05) is 0 Å². The molecule has 0 saturated heterocycles. The molecule has 0 radical (unpaired) electrons. The molecule has 0 spiro atoms. The molecule has 1 N–H and O–H groups in total. The lowest BCUT2D eigenvalue weighted by Crippen LogP contribution is -2.22. The van der Waals surface area contributed by atoms with Crippen molar-refractivity contribution in [3.63, 3.8) is 0 Å². The van der Waals surface area contributed by atoms with E-state index in [4.69, 9.17) is 0 Å². The molecule has 0 atom stereocenters. The maximum Gasteiger partial charge on any atom is 0.0601 e. The standard InChI is InChI=1S/C14H30NO3P/c1-2-3-4-5-6-7-8-9-10-11-12-15-13-14-18-19(16)17/h15H,2-14H2,1H3/q-2. The number of hydrogen-bond acceptors (Lipinski definition) is 4. The van der Waals surface area contributed by atoms with Gasteiger partial charge in [-0.2, -0.15) is 8.60 Å². The van der Waals surface area contributed by atoms with Gasteiger partial charge in [-0.05, 0) is 13.0 Å². The lowest BCUT2D eigenvalue weighted by molar-refractivity contribution is -0.318. The van der Waals surface area contributed by atoms with E-state index in [1.54, 1.807) is 0 Å². The molecule has 0 fully saturated rings.